The molecule has 8 nitrogen and oxygen atoms in total. The number of nitrogens with zero attached hydrogens (tertiary/aromatic N) is 1. The van der Waals surface area contributed by atoms with Gasteiger partial charge in [-0.25, -0.2) is 10.2 Å². The van der Waals surface area contributed by atoms with Crippen LogP contribution in [-0.4, -0.2) is 27.1 Å². The fraction of sp³-hybridized carbons (Fsp3) is 0.0714. The van der Waals surface area contributed by atoms with Crippen LogP contribution in [0.5, 0.6) is 0 Å². The molecular weight excluding hydrogens is 368 g/mol. The Morgan fingerprint density at radius 1 is 1.26 bits per heavy atom. The van der Waals surface area contributed by atoms with Crippen molar-refractivity contribution in [3.05, 3.63) is 72.8 Å². The number of hydrazone groups is 1. The Hall–Kier alpha value is -2.65. The number of aliphatic hydroxyl groups excluding tert-OH is 1. The molecule has 1 aliphatic heterocycles. The lowest BCUT2D eigenvalue weighted by atomic mass is 10.1. The fourth-order valence-electron chi connectivity index (χ4n) is 1.94. The third-order valence-corrected chi connectivity index (χ3v) is 3.56. The summed E-state index contributed by atoms with van der Waals surface area (Å²) in [5.41, 5.74) is 2.58. The van der Waals surface area contributed by atoms with Gasteiger partial charge in [0.2, 0.25) is 12.2 Å². The number of rotatable bonds is 2. The molecule has 0 aliphatic carbocycles. The fourth-order valence-corrected chi connectivity index (χ4v) is 2.20. The molecule has 0 bridgehead atoms. The second-order valence-electron chi connectivity index (χ2n) is 4.62. The summed E-state index contributed by atoms with van der Waals surface area (Å²) in [6, 6.07) is 7.18. The lowest BCUT2D eigenvalue weighted by Crippen LogP contribution is -2.34. The molecule has 4 N–H and O–H groups in total. The Kier molecular flexibility index (Phi) is 4.13. The molecular formula is C14H11BrN4O4. The van der Waals surface area contributed by atoms with Crippen molar-refractivity contribution in [3.63, 3.8) is 0 Å². The van der Waals surface area contributed by atoms with Crippen molar-refractivity contribution in [2.45, 2.75) is 6.29 Å². The highest BCUT2D eigenvalue weighted by molar-refractivity contribution is 9.10. The Bertz CT molecular complexity index is 898. The van der Waals surface area contributed by atoms with Crippen molar-refractivity contribution >= 4 is 27.7 Å². The molecule has 1 unspecified atom stereocenters. The smallest absolute Gasteiger partial charge is 0.325 e. The molecule has 3 rings (SSSR count). The lowest BCUT2D eigenvalue weighted by Gasteiger charge is -2.22. The first-order chi connectivity index (χ1) is 11.0. The van der Waals surface area contributed by atoms with E-state index in [4.69, 9.17) is 4.74 Å². The van der Waals surface area contributed by atoms with E-state index in [9.17, 15) is 14.7 Å². The Labute approximate surface area is 137 Å². The number of hydrogen-bond acceptors (Lipinski definition) is 6. The third kappa shape index (κ3) is 3.41. The van der Waals surface area contributed by atoms with E-state index < -0.39 is 17.5 Å². The van der Waals surface area contributed by atoms with Crippen molar-refractivity contribution in [2.24, 2.45) is 5.10 Å². The van der Waals surface area contributed by atoms with Crippen molar-refractivity contribution in [1.29, 1.82) is 0 Å². The average Bonchev–Trinajstić information content (AvgIpc) is 2.51. The summed E-state index contributed by atoms with van der Waals surface area (Å²) in [6.45, 7) is 0. The molecule has 1 aliphatic rings. The van der Waals surface area contributed by atoms with E-state index in [-0.39, 0.29) is 11.4 Å². The van der Waals surface area contributed by atoms with Crippen molar-refractivity contribution in [3.8, 4) is 0 Å². The number of aromatic nitrogens is 2. The molecule has 0 saturated heterocycles. The van der Waals surface area contributed by atoms with Crippen LogP contribution in [0.3, 0.4) is 0 Å². The number of halogens is 1. The zero-order valence-electron chi connectivity index (χ0n) is 11.5. The van der Waals surface area contributed by atoms with Crippen molar-refractivity contribution < 1.29 is 9.84 Å². The van der Waals surface area contributed by atoms with Gasteiger partial charge in [0, 0.05) is 22.3 Å². The lowest BCUT2D eigenvalue weighted by molar-refractivity contribution is -0.0235. The van der Waals surface area contributed by atoms with Crippen LogP contribution >= 0.6 is 15.9 Å². The molecule has 1 atom stereocenters. The van der Waals surface area contributed by atoms with E-state index >= 15 is 0 Å². The summed E-state index contributed by atoms with van der Waals surface area (Å²) < 4.78 is 6.19. The minimum atomic E-state index is -1.29. The van der Waals surface area contributed by atoms with Crippen LogP contribution in [0.1, 0.15) is 11.1 Å². The first-order valence-corrected chi connectivity index (χ1v) is 7.30. The number of nitrogens with one attached hydrogen (secondary N) is 3. The normalized spacial score (nSPS) is 19.0. The monoisotopic (exact) mass is 378 g/mol. The molecule has 0 fully saturated rings. The molecule has 118 valence electrons. The minimum Gasteiger partial charge on any atom is -0.442 e. The van der Waals surface area contributed by atoms with Crippen LogP contribution in [0.25, 0.3) is 6.08 Å². The molecule has 1 aromatic heterocycles. The summed E-state index contributed by atoms with van der Waals surface area (Å²) in [7, 11) is 0. The van der Waals surface area contributed by atoms with Crippen LogP contribution < -0.4 is 16.7 Å². The van der Waals surface area contributed by atoms with E-state index in [2.05, 4.69) is 36.4 Å². The second-order valence-corrected chi connectivity index (χ2v) is 5.54. The first-order valence-electron chi connectivity index (χ1n) is 6.51. The Morgan fingerprint density at radius 3 is 2.65 bits per heavy atom. The Morgan fingerprint density at radius 2 is 2.00 bits per heavy atom. The molecule has 0 saturated carbocycles. The highest BCUT2D eigenvalue weighted by Crippen LogP contribution is 2.16. The van der Waals surface area contributed by atoms with Crippen LogP contribution in [0.15, 0.2) is 55.5 Å². The molecule has 0 radical (unpaired) electrons. The van der Waals surface area contributed by atoms with Gasteiger partial charge in [-0.1, -0.05) is 28.1 Å². The van der Waals surface area contributed by atoms with Gasteiger partial charge in [0.25, 0.3) is 5.56 Å². The number of aliphatic hydroxyl groups is 1. The summed E-state index contributed by atoms with van der Waals surface area (Å²) >= 11 is 3.33. The van der Waals surface area contributed by atoms with Gasteiger partial charge in [-0.05, 0) is 12.1 Å². The predicted octanol–water partition coefficient (Wildman–Crippen LogP) is 0.467. The van der Waals surface area contributed by atoms with Crippen molar-refractivity contribution in [1.82, 2.24) is 15.4 Å². The minimum absolute atomic E-state index is 0.0795. The van der Waals surface area contributed by atoms with E-state index in [1.54, 1.807) is 12.1 Å². The summed E-state index contributed by atoms with van der Waals surface area (Å²) in [4.78, 5) is 27.0. The summed E-state index contributed by atoms with van der Waals surface area (Å²) in [5.74, 6) is 0.0795. The number of hydrogen-bond donors (Lipinski definition) is 4. The molecule has 0 spiro atoms. The van der Waals surface area contributed by atoms with Gasteiger partial charge in [-0.3, -0.25) is 9.78 Å². The maximum Gasteiger partial charge on any atom is 0.325 e. The van der Waals surface area contributed by atoms with E-state index in [0.717, 1.165) is 4.47 Å². The highest BCUT2D eigenvalue weighted by atomic mass is 79.9. The molecule has 2 aromatic rings. The van der Waals surface area contributed by atoms with Crippen molar-refractivity contribution in [2.75, 3.05) is 0 Å². The van der Waals surface area contributed by atoms with E-state index in [1.807, 2.05) is 12.1 Å². The number of benzene rings is 1. The van der Waals surface area contributed by atoms with Gasteiger partial charge >= 0.3 is 5.69 Å². The molecule has 23 heavy (non-hydrogen) atoms. The largest absolute Gasteiger partial charge is 0.442 e. The van der Waals surface area contributed by atoms with Gasteiger partial charge in [0.15, 0.2) is 0 Å². The first kappa shape index (κ1) is 15.3. The van der Waals surface area contributed by atoms with Crippen LogP contribution in [-0.2, 0) is 4.74 Å². The zero-order valence-corrected chi connectivity index (χ0v) is 13.1. The van der Waals surface area contributed by atoms with Gasteiger partial charge in [0.1, 0.15) is 5.71 Å². The number of aromatic amines is 2. The quantitative estimate of drug-likeness (QED) is 0.605. The average molecular weight is 379 g/mol. The van der Waals surface area contributed by atoms with Gasteiger partial charge in [-0.2, -0.15) is 5.10 Å². The molecule has 2 heterocycles. The van der Waals surface area contributed by atoms with Crippen LogP contribution in [0.4, 0.5) is 0 Å². The number of H-pyrrole nitrogens is 2. The standard InChI is InChI=1S/C14H11BrN4O4/c15-9-3-1-7(2-4-9)11-13(21)23-10(18-19-11)5-8-6-16-14(22)17-12(8)20/h1-6,13,18,21H,(H2,16,17,20,22). The second kappa shape index (κ2) is 6.23. The Balaban J connectivity index is 1.87. The maximum absolute atomic E-state index is 11.6. The van der Waals surface area contributed by atoms with Gasteiger partial charge in [-0.15, -0.1) is 0 Å². The van der Waals surface area contributed by atoms with E-state index in [0.29, 0.717) is 11.3 Å². The summed E-state index contributed by atoms with van der Waals surface area (Å²) in [5, 5.41) is 14.1. The van der Waals surface area contributed by atoms with E-state index in [1.165, 1.54) is 12.3 Å². The molecule has 0 amide bonds. The number of ether oxygens (including phenoxy) is 1. The SMILES string of the molecule is O=c1[nH]cc(C=C2NN=C(c3ccc(Br)cc3)C(O)O2)c(=O)[nH]1. The van der Waals surface area contributed by atoms with Gasteiger partial charge in [0.05, 0.1) is 5.56 Å². The maximum atomic E-state index is 11.6. The predicted molar refractivity (Wildman–Crippen MR) is 86.6 cm³/mol. The zero-order chi connectivity index (χ0) is 16.4. The van der Waals surface area contributed by atoms with Crippen LogP contribution in [0, 0.1) is 0 Å². The molecule has 9 heteroatoms. The highest BCUT2D eigenvalue weighted by Gasteiger charge is 2.22. The topological polar surface area (TPSA) is 120 Å². The molecule has 1 aromatic carbocycles. The third-order valence-electron chi connectivity index (χ3n) is 3.03. The van der Waals surface area contributed by atoms with Crippen LogP contribution in [0.2, 0.25) is 0 Å². The summed E-state index contributed by atoms with van der Waals surface area (Å²) in [6.07, 6.45) is 1.27. The van der Waals surface area contributed by atoms with Gasteiger partial charge < -0.3 is 14.8 Å².